The van der Waals surface area contributed by atoms with Crippen LogP contribution >= 0.6 is 0 Å². The van der Waals surface area contributed by atoms with Crippen LogP contribution in [-0.4, -0.2) is 32.7 Å². The Morgan fingerprint density at radius 2 is 2.00 bits per heavy atom. The van der Waals surface area contributed by atoms with E-state index in [0.29, 0.717) is 6.54 Å². The highest BCUT2D eigenvalue weighted by molar-refractivity contribution is 5.94. The van der Waals surface area contributed by atoms with Crippen LogP contribution in [0, 0.1) is 0 Å². The van der Waals surface area contributed by atoms with Gasteiger partial charge in [0.15, 0.2) is 0 Å². The van der Waals surface area contributed by atoms with Crippen molar-refractivity contribution in [2.75, 3.05) is 37.0 Å². The lowest BCUT2D eigenvalue weighted by Crippen LogP contribution is -2.36. The van der Waals surface area contributed by atoms with Gasteiger partial charge in [0, 0.05) is 31.0 Å². The summed E-state index contributed by atoms with van der Waals surface area (Å²) in [6, 6.07) is 15.6. The van der Waals surface area contributed by atoms with Crippen molar-refractivity contribution < 1.29 is 9.53 Å². The number of anilines is 2. The molecule has 5 nitrogen and oxygen atoms in total. The van der Waals surface area contributed by atoms with Crippen molar-refractivity contribution in [2.24, 2.45) is 0 Å². The van der Waals surface area contributed by atoms with Gasteiger partial charge in [0.25, 0.3) is 0 Å². The summed E-state index contributed by atoms with van der Waals surface area (Å²) in [5.41, 5.74) is 3.13. The Balaban J connectivity index is 1.67. The summed E-state index contributed by atoms with van der Waals surface area (Å²) in [5, 5.41) is 6.32. The Morgan fingerprint density at radius 3 is 2.78 bits per heavy atom. The number of carbonyl (C=O) groups is 1. The van der Waals surface area contributed by atoms with E-state index in [1.165, 1.54) is 5.56 Å². The fourth-order valence-electron chi connectivity index (χ4n) is 2.74. The Kier molecular flexibility index (Phi) is 4.78. The Morgan fingerprint density at radius 1 is 1.22 bits per heavy atom. The maximum atomic E-state index is 12.4. The highest BCUT2D eigenvalue weighted by Crippen LogP contribution is 2.22. The first-order valence-electron chi connectivity index (χ1n) is 7.74. The van der Waals surface area contributed by atoms with E-state index in [1.807, 2.05) is 36.4 Å². The second-order valence-electron chi connectivity index (χ2n) is 5.50. The molecule has 0 aromatic heterocycles. The van der Waals surface area contributed by atoms with Gasteiger partial charge in [0.1, 0.15) is 5.75 Å². The maximum absolute atomic E-state index is 12.4. The molecule has 0 aliphatic carbocycles. The molecule has 0 spiro atoms. The van der Waals surface area contributed by atoms with Crippen LogP contribution in [0.4, 0.5) is 11.4 Å². The smallest absolute Gasteiger partial charge is 0.243 e. The first-order chi connectivity index (χ1) is 11.3. The van der Waals surface area contributed by atoms with Crippen LogP contribution in [-0.2, 0) is 11.3 Å². The molecule has 0 atom stereocenters. The minimum absolute atomic E-state index is 0.0214. The highest BCUT2D eigenvalue weighted by atomic mass is 16.5. The zero-order valence-electron chi connectivity index (χ0n) is 13.2. The van der Waals surface area contributed by atoms with Crippen molar-refractivity contribution in [1.29, 1.82) is 0 Å². The number of ether oxygens (including phenoxy) is 1. The molecule has 3 rings (SSSR count). The molecule has 1 amide bonds. The first-order valence-corrected chi connectivity index (χ1v) is 7.74. The van der Waals surface area contributed by atoms with Crippen LogP contribution in [0.5, 0.6) is 5.75 Å². The fraction of sp³-hybridized carbons (Fsp3) is 0.278. The van der Waals surface area contributed by atoms with Gasteiger partial charge in [-0.2, -0.15) is 0 Å². The number of methoxy groups -OCH3 is 1. The van der Waals surface area contributed by atoms with Gasteiger partial charge in [-0.05, 0) is 35.9 Å². The average molecular weight is 311 g/mol. The minimum Gasteiger partial charge on any atom is -0.497 e. The highest BCUT2D eigenvalue weighted by Gasteiger charge is 2.17. The third-order valence-electron chi connectivity index (χ3n) is 3.91. The summed E-state index contributed by atoms with van der Waals surface area (Å²) in [7, 11) is 1.62. The van der Waals surface area contributed by atoms with Gasteiger partial charge >= 0.3 is 0 Å². The molecule has 1 aliphatic heterocycles. The summed E-state index contributed by atoms with van der Waals surface area (Å²) < 4.78 is 5.12. The molecular weight excluding hydrogens is 290 g/mol. The van der Waals surface area contributed by atoms with Crippen LogP contribution in [0.15, 0.2) is 48.5 Å². The minimum atomic E-state index is -0.0214. The monoisotopic (exact) mass is 311 g/mol. The van der Waals surface area contributed by atoms with Crippen molar-refractivity contribution in [1.82, 2.24) is 5.32 Å². The largest absolute Gasteiger partial charge is 0.497 e. The van der Waals surface area contributed by atoms with Gasteiger partial charge in [0.2, 0.25) is 5.91 Å². The molecular formula is C18H21N3O2. The number of amides is 1. The van der Waals surface area contributed by atoms with Crippen LogP contribution < -0.4 is 20.3 Å². The van der Waals surface area contributed by atoms with Crippen LogP contribution in [0.1, 0.15) is 5.56 Å². The number of benzene rings is 2. The molecule has 0 saturated carbocycles. The van der Waals surface area contributed by atoms with Gasteiger partial charge < -0.3 is 20.3 Å². The molecule has 0 unspecified atom stereocenters. The van der Waals surface area contributed by atoms with Gasteiger partial charge in [-0.15, -0.1) is 0 Å². The summed E-state index contributed by atoms with van der Waals surface area (Å²) in [6.45, 7) is 2.86. The van der Waals surface area contributed by atoms with E-state index in [-0.39, 0.29) is 5.91 Å². The van der Waals surface area contributed by atoms with E-state index in [4.69, 9.17) is 4.74 Å². The number of hydrogen-bond donors (Lipinski definition) is 2. The molecule has 0 radical (unpaired) electrons. The molecule has 23 heavy (non-hydrogen) atoms. The zero-order chi connectivity index (χ0) is 16.1. The molecule has 1 heterocycles. The maximum Gasteiger partial charge on any atom is 0.243 e. The van der Waals surface area contributed by atoms with Gasteiger partial charge in [-0.3, -0.25) is 4.79 Å². The molecule has 2 aromatic carbocycles. The predicted molar refractivity (Wildman–Crippen MR) is 92.0 cm³/mol. The summed E-state index contributed by atoms with van der Waals surface area (Å²) in [5.74, 6) is 0.752. The SMILES string of the molecule is COc1ccc(NC(=O)CN2CCNCc3ccccc32)cc1. The van der Waals surface area contributed by atoms with Crippen molar-refractivity contribution in [3.8, 4) is 5.75 Å². The number of rotatable bonds is 4. The molecule has 2 aromatic rings. The van der Waals surface area contributed by atoms with Gasteiger partial charge in [-0.25, -0.2) is 0 Å². The Bertz CT molecular complexity index is 670. The number of fused-ring (bicyclic) bond motifs is 1. The third kappa shape index (κ3) is 3.81. The normalized spacial score (nSPS) is 13.9. The van der Waals surface area contributed by atoms with Crippen molar-refractivity contribution >= 4 is 17.3 Å². The second kappa shape index (κ2) is 7.15. The standard InChI is InChI=1S/C18H21N3O2/c1-23-16-8-6-15(7-9-16)20-18(22)13-21-11-10-19-12-14-4-2-3-5-17(14)21/h2-9,19H,10-13H2,1H3,(H,20,22). The lowest BCUT2D eigenvalue weighted by Gasteiger charge is -2.23. The Hall–Kier alpha value is -2.53. The molecule has 0 bridgehead atoms. The van der Waals surface area contributed by atoms with Gasteiger partial charge in [0.05, 0.1) is 13.7 Å². The van der Waals surface area contributed by atoms with E-state index in [1.54, 1.807) is 7.11 Å². The summed E-state index contributed by atoms with van der Waals surface area (Å²) >= 11 is 0. The number of hydrogen-bond acceptors (Lipinski definition) is 4. The summed E-state index contributed by atoms with van der Waals surface area (Å²) in [4.78, 5) is 14.5. The van der Waals surface area contributed by atoms with Gasteiger partial charge in [-0.1, -0.05) is 18.2 Å². The number of nitrogens with one attached hydrogen (secondary N) is 2. The van der Waals surface area contributed by atoms with Crippen molar-refractivity contribution in [2.45, 2.75) is 6.54 Å². The van der Waals surface area contributed by atoms with Crippen LogP contribution in [0.25, 0.3) is 0 Å². The summed E-state index contributed by atoms with van der Waals surface area (Å²) in [6.07, 6.45) is 0. The van der Waals surface area contributed by atoms with Crippen molar-refractivity contribution in [3.05, 3.63) is 54.1 Å². The first kappa shape index (κ1) is 15.4. The predicted octanol–water partition coefficient (Wildman–Crippen LogP) is 2.24. The van der Waals surface area contributed by atoms with Crippen molar-refractivity contribution in [3.63, 3.8) is 0 Å². The van der Waals surface area contributed by atoms with E-state index in [2.05, 4.69) is 27.7 Å². The molecule has 1 aliphatic rings. The second-order valence-corrected chi connectivity index (χ2v) is 5.50. The fourth-order valence-corrected chi connectivity index (χ4v) is 2.74. The lowest BCUT2D eigenvalue weighted by molar-refractivity contribution is -0.115. The molecule has 0 saturated heterocycles. The zero-order valence-corrected chi connectivity index (χ0v) is 13.2. The topological polar surface area (TPSA) is 53.6 Å². The number of para-hydroxylation sites is 1. The Labute approximate surface area is 136 Å². The molecule has 5 heteroatoms. The van der Waals surface area contributed by atoms with E-state index < -0.39 is 0 Å². The lowest BCUT2D eigenvalue weighted by atomic mass is 10.1. The van der Waals surface area contributed by atoms with Crippen LogP contribution in [0.2, 0.25) is 0 Å². The third-order valence-corrected chi connectivity index (χ3v) is 3.91. The molecule has 120 valence electrons. The molecule has 2 N–H and O–H groups in total. The molecule has 0 fully saturated rings. The van der Waals surface area contributed by atoms with Crippen LogP contribution in [0.3, 0.4) is 0 Å². The average Bonchev–Trinajstić information content (AvgIpc) is 2.78. The van der Waals surface area contributed by atoms with E-state index >= 15 is 0 Å². The number of carbonyl (C=O) groups excluding carboxylic acids is 1. The van der Waals surface area contributed by atoms with E-state index in [0.717, 1.165) is 36.8 Å². The quantitative estimate of drug-likeness (QED) is 0.909. The van der Waals surface area contributed by atoms with E-state index in [9.17, 15) is 4.79 Å². The number of nitrogens with zero attached hydrogens (tertiary/aromatic N) is 1.